The summed E-state index contributed by atoms with van der Waals surface area (Å²) in [6, 6.07) is 10.4. The summed E-state index contributed by atoms with van der Waals surface area (Å²) < 4.78 is 0. The fraction of sp³-hybridized carbons (Fsp3) is 0.533. The maximum atomic E-state index is 12.3. The highest BCUT2D eigenvalue weighted by atomic mass is 16.2. The molecule has 0 aliphatic carbocycles. The minimum absolute atomic E-state index is 0.0865. The van der Waals surface area contributed by atoms with Crippen molar-refractivity contribution < 1.29 is 4.79 Å². The van der Waals surface area contributed by atoms with E-state index in [9.17, 15) is 4.79 Å². The van der Waals surface area contributed by atoms with Gasteiger partial charge in [-0.1, -0.05) is 37.3 Å². The topological polar surface area (TPSA) is 46.3 Å². The number of rotatable bonds is 3. The van der Waals surface area contributed by atoms with E-state index >= 15 is 0 Å². The fourth-order valence-electron chi connectivity index (χ4n) is 2.45. The lowest BCUT2D eigenvalue weighted by Gasteiger charge is -2.28. The number of nitrogens with zero attached hydrogens (tertiary/aromatic N) is 1. The molecule has 2 rings (SSSR count). The first-order chi connectivity index (χ1) is 8.54. The lowest BCUT2D eigenvalue weighted by Crippen LogP contribution is -2.52. The summed E-state index contributed by atoms with van der Waals surface area (Å²) in [5, 5.41) is 0. The number of carbonyl (C=O) groups excluding carboxylic acids is 1. The van der Waals surface area contributed by atoms with Crippen LogP contribution in [0.1, 0.15) is 38.2 Å². The van der Waals surface area contributed by atoms with Crippen molar-refractivity contribution in [1.29, 1.82) is 0 Å². The average molecular weight is 246 g/mol. The monoisotopic (exact) mass is 246 g/mol. The van der Waals surface area contributed by atoms with Crippen LogP contribution in [-0.4, -0.2) is 29.4 Å². The number of likely N-dealkylation sites (tertiary alicyclic amines) is 1. The minimum atomic E-state index is -0.717. The molecule has 0 spiro atoms. The van der Waals surface area contributed by atoms with Crippen LogP contribution in [-0.2, 0) is 4.79 Å². The summed E-state index contributed by atoms with van der Waals surface area (Å²) in [6.45, 7) is 5.41. The van der Waals surface area contributed by atoms with Gasteiger partial charge in [-0.15, -0.1) is 0 Å². The zero-order valence-electron chi connectivity index (χ0n) is 11.2. The Hall–Kier alpha value is -1.35. The second kappa shape index (κ2) is 5.11. The number of amides is 1. The lowest BCUT2D eigenvalue weighted by molar-refractivity contribution is -0.135. The summed E-state index contributed by atoms with van der Waals surface area (Å²) in [6.07, 6.45) is 1.72. The summed E-state index contributed by atoms with van der Waals surface area (Å²) in [4.78, 5) is 14.2. The van der Waals surface area contributed by atoms with Crippen LogP contribution in [0.4, 0.5) is 0 Å². The summed E-state index contributed by atoms with van der Waals surface area (Å²) >= 11 is 0. The van der Waals surface area contributed by atoms with Gasteiger partial charge in [0.25, 0.3) is 0 Å². The molecule has 2 N–H and O–H groups in total. The Morgan fingerprint density at radius 1 is 1.44 bits per heavy atom. The standard InChI is InChI=1S/C15H22N2O/c1-3-15(2,16)14(18)17-10-9-13(11-17)12-7-5-4-6-8-12/h4-8,13H,3,9-11,16H2,1-2H3. The number of nitrogens with two attached hydrogens (primary N) is 1. The van der Waals surface area contributed by atoms with E-state index in [1.807, 2.05) is 24.8 Å². The van der Waals surface area contributed by atoms with Gasteiger partial charge in [0.2, 0.25) is 5.91 Å². The smallest absolute Gasteiger partial charge is 0.242 e. The molecule has 1 amide bonds. The average Bonchev–Trinajstić information content (AvgIpc) is 2.88. The highest BCUT2D eigenvalue weighted by molar-refractivity contribution is 5.85. The quantitative estimate of drug-likeness (QED) is 0.888. The van der Waals surface area contributed by atoms with Gasteiger partial charge in [0.15, 0.2) is 0 Å². The van der Waals surface area contributed by atoms with E-state index < -0.39 is 5.54 Å². The predicted octanol–water partition coefficient (Wildman–Crippen LogP) is 2.13. The highest BCUT2D eigenvalue weighted by Crippen LogP contribution is 2.28. The summed E-state index contributed by atoms with van der Waals surface area (Å²) in [5.41, 5.74) is 6.64. The maximum Gasteiger partial charge on any atom is 0.242 e. The van der Waals surface area contributed by atoms with E-state index in [1.54, 1.807) is 0 Å². The lowest BCUT2D eigenvalue weighted by atomic mass is 9.97. The van der Waals surface area contributed by atoms with Crippen molar-refractivity contribution in [3.63, 3.8) is 0 Å². The third kappa shape index (κ3) is 2.56. The van der Waals surface area contributed by atoms with Crippen LogP contribution in [0.3, 0.4) is 0 Å². The molecule has 1 aromatic carbocycles. The number of hydrogen-bond acceptors (Lipinski definition) is 2. The Labute approximate surface area is 109 Å². The van der Waals surface area contributed by atoms with Gasteiger partial charge in [0.05, 0.1) is 5.54 Å². The highest BCUT2D eigenvalue weighted by Gasteiger charge is 2.35. The van der Waals surface area contributed by atoms with E-state index in [4.69, 9.17) is 5.73 Å². The molecule has 0 bridgehead atoms. The zero-order chi connectivity index (χ0) is 13.2. The first kappa shape index (κ1) is 13.1. The van der Waals surface area contributed by atoms with Crippen LogP contribution in [0, 0.1) is 0 Å². The molecule has 1 aromatic rings. The van der Waals surface area contributed by atoms with Crippen molar-refractivity contribution in [1.82, 2.24) is 4.90 Å². The van der Waals surface area contributed by atoms with Crippen molar-refractivity contribution in [2.75, 3.05) is 13.1 Å². The third-order valence-corrected chi connectivity index (χ3v) is 3.97. The van der Waals surface area contributed by atoms with Crippen molar-refractivity contribution in [3.05, 3.63) is 35.9 Å². The number of hydrogen-bond donors (Lipinski definition) is 1. The molecule has 3 nitrogen and oxygen atoms in total. The van der Waals surface area contributed by atoms with Gasteiger partial charge in [-0.25, -0.2) is 0 Å². The van der Waals surface area contributed by atoms with Crippen LogP contribution < -0.4 is 5.73 Å². The van der Waals surface area contributed by atoms with E-state index in [2.05, 4.69) is 24.3 Å². The van der Waals surface area contributed by atoms with Gasteiger partial charge in [0, 0.05) is 19.0 Å². The van der Waals surface area contributed by atoms with Crippen molar-refractivity contribution in [3.8, 4) is 0 Å². The van der Waals surface area contributed by atoms with Crippen LogP contribution in [0.25, 0.3) is 0 Å². The van der Waals surface area contributed by atoms with Gasteiger partial charge in [-0.2, -0.15) is 0 Å². The Kier molecular flexibility index (Phi) is 3.71. The SMILES string of the molecule is CCC(C)(N)C(=O)N1CCC(c2ccccc2)C1. The molecular weight excluding hydrogens is 224 g/mol. The molecular formula is C15H22N2O. The van der Waals surface area contributed by atoms with Gasteiger partial charge < -0.3 is 10.6 Å². The molecule has 1 saturated heterocycles. The second-order valence-electron chi connectivity index (χ2n) is 5.42. The van der Waals surface area contributed by atoms with Crippen LogP contribution in [0.5, 0.6) is 0 Å². The molecule has 1 heterocycles. The molecule has 1 aliphatic rings. The van der Waals surface area contributed by atoms with Crippen LogP contribution in [0.2, 0.25) is 0 Å². The molecule has 2 unspecified atom stereocenters. The van der Waals surface area contributed by atoms with E-state index in [0.29, 0.717) is 12.3 Å². The van der Waals surface area contributed by atoms with Gasteiger partial charge in [0.1, 0.15) is 0 Å². The van der Waals surface area contributed by atoms with Gasteiger partial charge in [-0.05, 0) is 25.3 Å². The predicted molar refractivity (Wildman–Crippen MR) is 73.3 cm³/mol. The molecule has 98 valence electrons. The second-order valence-corrected chi connectivity index (χ2v) is 5.42. The molecule has 1 fully saturated rings. The van der Waals surface area contributed by atoms with Crippen molar-refractivity contribution in [2.24, 2.45) is 5.73 Å². The largest absolute Gasteiger partial charge is 0.340 e. The fourth-order valence-corrected chi connectivity index (χ4v) is 2.45. The third-order valence-electron chi connectivity index (χ3n) is 3.97. The number of carbonyl (C=O) groups is 1. The molecule has 1 aliphatic heterocycles. The Morgan fingerprint density at radius 3 is 2.72 bits per heavy atom. The van der Waals surface area contributed by atoms with Gasteiger partial charge >= 0.3 is 0 Å². The van der Waals surface area contributed by atoms with Crippen LogP contribution in [0.15, 0.2) is 30.3 Å². The van der Waals surface area contributed by atoms with Crippen molar-refractivity contribution >= 4 is 5.91 Å². The first-order valence-electron chi connectivity index (χ1n) is 6.68. The Morgan fingerprint density at radius 2 is 2.11 bits per heavy atom. The number of benzene rings is 1. The first-order valence-corrected chi connectivity index (χ1v) is 6.68. The van der Waals surface area contributed by atoms with E-state index in [1.165, 1.54) is 5.56 Å². The van der Waals surface area contributed by atoms with Crippen LogP contribution >= 0.6 is 0 Å². The summed E-state index contributed by atoms with van der Waals surface area (Å²) in [5.74, 6) is 0.547. The molecule has 0 radical (unpaired) electrons. The molecule has 0 saturated carbocycles. The molecule has 3 heteroatoms. The van der Waals surface area contributed by atoms with Gasteiger partial charge in [-0.3, -0.25) is 4.79 Å². The minimum Gasteiger partial charge on any atom is -0.340 e. The Balaban J connectivity index is 2.03. The Bertz CT molecular complexity index is 414. The van der Waals surface area contributed by atoms with Crippen molar-refractivity contribution in [2.45, 2.75) is 38.1 Å². The maximum absolute atomic E-state index is 12.3. The zero-order valence-corrected chi connectivity index (χ0v) is 11.2. The van der Waals surface area contributed by atoms with E-state index in [-0.39, 0.29) is 5.91 Å². The molecule has 2 atom stereocenters. The van der Waals surface area contributed by atoms with E-state index in [0.717, 1.165) is 19.5 Å². The molecule has 0 aromatic heterocycles. The molecule has 18 heavy (non-hydrogen) atoms. The summed E-state index contributed by atoms with van der Waals surface area (Å²) in [7, 11) is 0. The normalized spacial score (nSPS) is 22.8.